The first-order chi connectivity index (χ1) is 38.6. The summed E-state index contributed by atoms with van der Waals surface area (Å²) < 4.78 is 14.2. The van der Waals surface area contributed by atoms with Crippen LogP contribution >= 0.6 is 34.0 Å². The average molecular weight is 1040 g/mol. The van der Waals surface area contributed by atoms with Crippen LogP contribution in [0, 0.1) is 0 Å². The molecule has 2 aliphatic heterocycles. The molecule has 0 radical (unpaired) electrons. The number of anilines is 2. The van der Waals surface area contributed by atoms with Crippen LogP contribution < -0.4 is 15.7 Å². The van der Waals surface area contributed by atoms with Crippen LogP contribution in [0.4, 0.5) is 11.4 Å². The van der Waals surface area contributed by atoms with Crippen LogP contribution in [0.1, 0.15) is 0 Å². The van der Waals surface area contributed by atoms with Gasteiger partial charge in [-0.3, -0.25) is 0 Å². The van der Waals surface area contributed by atoms with Crippen molar-refractivity contribution in [2.75, 3.05) is 4.81 Å². The number of benzene rings is 12. The van der Waals surface area contributed by atoms with Gasteiger partial charge in [-0.05, 0) is 176 Å². The van der Waals surface area contributed by atoms with E-state index in [0.717, 1.165) is 21.9 Å². The number of rotatable bonds is 4. The van der Waals surface area contributed by atoms with Gasteiger partial charge in [0, 0.05) is 93.8 Å². The Kier molecular flexibility index (Phi) is 8.98. The van der Waals surface area contributed by atoms with E-state index in [1.165, 1.54) is 150 Å². The first-order valence-corrected chi connectivity index (χ1v) is 29.1. The second-order valence-corrected chi connectivity index (χ2v) is 24.3. The Bertz CT molecular complexity index is 4610. The van der Waals surface area contributed by atoms with Crippen molar-refractivity contribution in [3.63, 3.8) is 0 Å². The van der Waals surface area contributed by atoms with Gasteiger partial charge in [-0.1, -0.05) is 133 Å². The molecule has 6 heterocycles. The predicted octanol–water partition coefficient (Wildman–Crippen LogP) is 20.3. The SMILES string of the molecule is c1ccc2c(c1)oc1ccc(-c3ccc4c(c3)-c3cc(-c5ccc6sc7ccccc7c6c5)ccc3N3B4c4ccc(-c5ccc6sc7ccccc7c6c5)cc4-c4cc(-c5ccc6sc7ccccc7c6c5)ccc43)cc12. The maximum atomic E-state index is 6.33. The summed E-state index contributed by atoms with van der Waals surface area (Å²) in [5.74, 6) is 0. The molecule has 0 fully saturated rings. The van der Waals surface area contributed by atoms with Crippen LogP contribution in [0.5, 0.6) is 0 Å². The summed E-state index contributed by atoms with van der Waals surface area (Å²) in [7, 11) is 0. The van der Waals surface area contributed by atoms with Gasteiger partial charge in [0.05, 0.1) is 0 Å². The number of nitrogens with zero attached hydrogens (tertiary/aromatic N) is 1. The molecule has 0 saturated carbocycles. The van der Waals surface area contributed by atoms with Gasteiger partial charge in [-0.15, -0.1) is 34.0 Å². The van der Waals surface area contributed by atoms with E-state index in [1.807, 2.05) is 40.1 Å². The van der Waals surface area contributed by atoms with Crippen LogP contribution in [0.25, 0.3) is 149 Å². The van der Waals surface area contributed by atoms with E-state index in [4.69, 9.17) is 4.42 Å². The molecule has 0 aliphatic carbocycles. The van der Waals surface area contributed by atoms with Gasteiger partial charge in [0.2, 0.25) is 0 Å². The Labute approximate surface area is 461 Å². The second-order valence-electron chi connectivity index (χ2n) is 21.1. The summed E-state index contributed by atoms with van der Waals surface area (Å²) in [5.41, 5.74) is 21.5. The average Bonchev–Trinajstić information content (AvgIpc) is 4.37. The van der Waals surface area contributed by atoms with Crippen molar-refractivity contribution in [1.29, 1.82) is 0 Å². The normalized spacial score (nSPS) is 12.8. The molecular formula is C72H40BNOS3. The fourth-order valence-corrected chi connectivity index (χ4v) is 16.4. The largest absolute Gasteiger partial charge is 0.456 e. The quantitative estimate of drug-likeness (QED) is 0.163. The fourth-order valence-electron chi connectivity index (χ4n) is 13.2. The number of hydrogen-bond donors (Lipinski definition) is 0. The molecule has 12 aromatic carbocycles. The minimum absolute atomic E-state index is 0.0829. The van der Waals surface area contributed by atoms with Crippen LogP contribution in [0.15, 0.2) is 247 Å². The molecule has 0 unspecified atom stereocenters. The van der Waals surface area contributed by atoms with Gasteiger partial charge in [-0.2, -0.15) is 0 Å². The van der Waals surface area contributed by atoms with Crippen LogP contribution in [0.3, 0.4) is 0 Å². The maximum Gasteiger partial charge on any atom is 0.329 e. The van der Waals surface area contributed by atoms with E-state index in [-0.39, 0.29) is 6.85 Å². The van der Waals surface area contributed by atoms with Crippen LogP contribution in [-0.4, -0.2) is 6.85 Å². The van der Waals surface area contributed by atoms with Crippen molar-refractivity contribution in [1.82, 2.24) is 0 Å². The number of thiophene rings is 3. The number of fused-ring (bicyclic) bond motifs is 23. The number of para-hydroxylation sites is 1. The van der Waals surface area contributed by atoms with E-state index in [1.54, 1.807) is 0 Å². The molecule has 0 amide bonds. The first-order valence-electron chi connectivity index (χ1n) is 26.6. The lowest BCUT2D eigenvalue weighted by molar-refractivity contribution is 0.669. The summed E-state index contributed by atoms with van der Waals surface area (Å²) in [6, 6.07) is 91.6. The summed E-state index contributed by atoms with van der Waals surface area (Å²) >= 11 is 5.61. The maximum absolute atomic E-state index is 6.33. The van der Waals surface area contributed by atoms with Crippen molar-refractivity contribution in [2.24, 2.45) is 0 Å². The van der Waals surface area contributed by atoms with Crippen LogP contribution in [-0.2, 0) is 0 Å². The van der Waals surface area contributed by atoms with Crippen molar-refractivity contribution in [2.45, 2.75) is 0 Å². The zero-order valence-corrected chi connectivity index (χ0v) is 44.2. The van der Waals surface area contributed by atoms with E-state index in [2.05, 4.69) is 241 Å². The van der Waals surface area contributed by atoms with Gasteiger partial charge in [0.25, 0.3) is 0 Å². The minimum Gasteiger partial charge on any atom is -0.456 e. The molecule has 0 N–H and O–H groups in total. The third-order valence-corrected chi connectivity index (χ3v) is 20.3. The van der Waals surface area contributed by atoms with Gasteiger partial charge in [0.1, 0.15) is 11.2 Å². The molecule has 0 atom stereocenters. The molecule has 78 heavy (non-hydrogen) atoms. The standard InChI is InChI=1S/C72H40BNOS3/c1-5-13-65-49(9-1)57-37-45(21-29-66(57)75-65)41-17-25-61-53(33-41)55-35-43(47-23-31-71-59(39-47)51-11-3-7-15-68(51)77-71)19-27-63(55)74-64-28-20-44(48-24-32-72-60(40-48)52-12-4-8-16-69(52)78-72)36-56(64)54-34-42(18-26-62(54)73(61)74)46-22-30-70-58(38-46)50-10-2-6-14-67(50)76-70/h1-40H. The van der Waals surface area contributed by atoms with E-state index in [0.29, 0.717) is 0 Å². The monoisotopic (exact) mass is 1040 g/mol. The highest BCUT2D eigenvalue weighted by Gasteiger charge is 2.43. The van der Waals surface area contributed by atoms with Gasteiger partial charge >= 0.3 is 6.85 Å². The van der Waals surface area contributed by atoms with Gasteiger partial charge in [0.15, 0.2) is 0 Å². The molecule has 2 aliphatic rings. The second kappa shape index (κ2) is 16.2. The van der Waals surface area contributed by atoms with Crippen molar-refractivity contribution in [3.8, 4) is 66.8 Å². The predicted molar refractivity (Wildman–Crippen MR) is 339 cm³/mol. The third-order valence-electron chi connectivity index (χ3n) is 16.9. The summed E-state index contributed by atoms with van der Waals surface area (Å²) in [5, 5.41) is 10.1. The lowest BCUT2D eigenvalue weighted by Gasteiger charge is -2.44. The van der Waals surface area contributed by atoms with Gasteiger partial charge in [-0.25, -0.2) is 0 Å². The summed E-state index contributed by atoms with van der Waals surface area (Å²) in [6.07, 6.45) is 0. The minimum atomic E-state index is -0.0829. The zero-order valence-electron chi connectivity index (χ0n) is 41.8. The van der Waals surface area contributed by atoms with Crippen molar-refractivity contribution < 1.29 is 4.42 Å². The Morgan fingerprint density at radius 2 is 0.590 bits per heavy atom. The fraction of sp³-hybridized carbons (Fsp3) is 0. The molecule has 6 heteroatoms. The molecule has 2 nitrogen and oxygen atoms in total. The molecule has 4 aromatic heterocycles. The smallest absolute Gasteiger partial charge is 0.329 e. The Morgan fingerprint density at radius 3 is 1.06 bits per heavy atom. The van der Waals surface area contributed by atoms with Crippen LogP contribution in [0.2, 0.25) is 0 Å². The highest BCUT2D eigenvalue weighted by atomic mass is 32.1. The first kappa shape index (κ1) is 43.1. The summed E-state index contributed by atoms with van der Waals surface area (Å²) in [4.78, 5) is 2.65. The molecule has 0 bridgehead atoms. The zero-order chi connectivity index (χ0) is 50.7. The topological polar surface area (TPSA) is 16.4 Å². The molecule has 0 spiro atoms. The number of hydrogen-bond acceptors (Lipinski definition) is 5. The molecule has 16 aromatic rings. The van der Waals surface area contributed by atoms with Crippen molar-refractivity contribution in [3.05, 3.63) is 243 Å². The molecule has 360 valence electrons. The third kappa shape index (κ3) is 6.31. The van der Waals surface area contributed by atoms with E-state index in [9.17, 15) is 0 Å². The molecular weight excluding hydrogens is 1000 g/mol. The van der Waals surface area contributed by atoms with E-state index >= 15 is 0 Å². The Morgan fingerprint density at radius 1 is 0.256 bits per heavy atom. The highest BCUT2D eigenvalue weighted by Crippen LogP contribution is 2.50. The lowest BCUT2D eigenvalue weighted by atomic mass is 9.43. The highest BCUT2D eigenvalue weighted by molar-refractivity contribution is 7.26. The Hall–Kier alpha value is -9.04. The lowest BCUT2D eigenvalue weighted by Crippen LogP contribution is -2.59. The molecule has 18 rings (SSSR count). The van der Waals surface area contributed by atoms with E-state index < -0.39 is 0 Å². The van der Waals surface area contributed by atoms with Gasteiger partial charge < -0.3 is 9.23 Å². The Balaban J connectivity index is 0.863. The molecule has 0 saturated heterocycles. The summed E-state index contributed by atoms with van der Waals surface area (Å²) in [6.45, 7) is -0.0829. The van der Waals surface area contributed by atoms with Crippen molar-refractivity contribution >= 4 is 146 Å². The number of furan rings is 1.